The van der Waals surface area contributed by atoms with E-state index in [2.05, 4.69) is 32.0 Å². The number of rotatable bonds is 12. The van der Waals surface area contributed by atoms with Crippen molar-refractivity contribution >= 4 is 23.4 Å². The molecule has 1 aromatic heterocycles. The second kappa shape index (κ2) is 15.1. The van der Waals surface area contributed by atoms with Gasteiger partial charge in [-0.15, -0.1) is 0 Å². The topological polar surface area (TPSA) is 103 Å². The number of thiazole rings is 1. The highest BCUT2D eigenvalue weighted by atomic mass is 32.1. The van der Waals surface area contributed by atoms with Gasteiger partial charge in [-0.1, -0.05) is 87.1 Å². The lowest BCUT2D eigenvalue weighted by atomic mass is 9.92. The minimum atomic E-state index is -0.665. The van der Waals surface area contributed by atoms with Crippen molar-refractivity contribution in [2.24, 2.45) is 4.99 Å². The van der Waals surface area contributed by atoms with Crippen LogP contribution in [0, 0.1) is 11.3 Å². The monoisotopic (exact) mass is 649 g/mol. The number of nitrogens with zero attached hydrogens (tertiary/aromatic N) is 3. The number of benzene rings is 3. The summed E-state index contributed by atoms with van der Waals surface area (Å²) in [6.45, 7) is 10.8. The van der Waals surface area contributed by atoms with Crippen molar-refractivity contribution in [1.29, 1.82) is 5.26 Å². The Labute approximate surface area is 278 Å². The molecule has 0 saturated heterocycles. The number of aromatic nitrogens is 1. The maximum Gasteiger partial charge on any atom is 0.338 e. The summed E-state index contributed by atoms with van der Waals surface area (Å²) in [5.41, 5.74) is 4.89. The maximum atomic E-state index is 14.2. The highest BCUT2D eigenvalue weighted by Gasteiger charge is 2.34. The molecule has 5 rings (SSSR count). The Hall–Kier alpha value is -4.94. The second-order valence-corrected chi connectivity index (χ2v) is 12.4. The van der Waals surface area contributed by atoms with Crippen LogP contribution in [-0.4, -0.2) is 23.8 Å². The standard InChI is InChI=1S/C38H39N3O5S/c1-6-11-30-34(37(43)45-8-3)35(27-17-15-26(16-18-27)24(4)5)41-36(42)33(47-38(41)40-30)21-25-14-19-31(32(20-25)44-7-2)46-23-29-13-10-9-12-28(29)22-39/h9-10,12-21,24,35H,6-8,11,23H2,1-5H3/b33-21+/t35-/m0/s1. The summed E-state index contributed by atoms with van der Waals surface area (Å²) in [7, 11) is 0. The third-order valence-electron chi connectivity index (χ3n) is 7.90. The number of carbonyl (C=O) groups excluding carboxylic acids is 1. The van der Waals surface area contributed by atoms with Crippen LogP contribution in [0.5, 0.6) is 11.5 Å². The van der Waals surface area contributed by atoms with Gasteiger partial charge in [-0.05, 0) is 67.2 Å². The maximum absolute atomic E-state index is 14.2. The highest BCUT2D eigenvalue weighted by molar-refractivity contribution is 7.07. The van der Waals surface area contributed by atoms with Crippen molar-refractivity contribution in [3.05, 3.63) is 126 Å². The zero-order chi connectivity index (χ0) is 33.5. The second-order valence-electron chi connectivity index (χ2n) is 11.4. The van der Waals surface area contributed by atoms with Gasteiger partial charge in [-0.3, -0.25) is 9.36 Å². The zero-order valence-corrected chi connectivity index (χ0v) is 28.2. The smallest absolute Gasteiger partial charge is 0.338 e. The quantitative estimate of drug-likeness (QED) is 0.161. The van der Waals surface area contributed by atoms with Gasteiger partial charge in [0.2, 0.25) is 0 Å². The van der Waals surface area contributed by atoms with Gasteiger partial charge in [0, 0.05) is 5.56 Å². The Balaban J connectivity index is 1.59. The molecule has 1 aliphatic heterocycles. The molecule has 0 fully saturated rings. The summed E-state index contributed by atoms with van der Waals surface area (Å²) in [6.07, 6.45) is 3.18. The number of ether oxygens (including phenoxy) is 3. The first-order valence-corrected chi connectivity index (χ1v) is 16.8. The van der Waals surface area contributed by atoms with Crippen molar-refractivity contribution < 1.29 is 19.0 Å². The Morgan fingerprint density at radius 3 is 2.47 bits per heavy atom. The van der Waals surface area contributed by atoms with Gasteiger partial charge in [0.25, 0.3) is 5.56 Å². The summed E-state index contributed by atoms with van der Waals surface area (Å²) < 4.78 is 19.6. The van der Waals surface area contributed by atoms with Crippen molar-refractivity contribution in [2.75, 3.05) is 13.2 Å². The molecule has 0 aliphatic carbocycles. The molecule has 1 atom stereocenters. The van der Waals surface area contributed by atoms with E-state index in [9.17, 15) is 14.9 Å². The summed E-state index contributed by atoms with van der Waals surface area (Å²) in [5.74, 6) is 0.947. The van der Waals surface area contributed by atoms with E-state index in [0.717, 1.165) is 23.1 Å². The first-order valence-electron chi connectivity index (χ1n) is 16.0. The minimum Gasteiger partial charge on any atom is -0.490 e. The van der Waals surface area contributed by atoms with Crippen LogP contribution < -0.4 is 24.4 Å². The van der Waals surface area contributed by atoms with Crippen LogP contribution >= 0.6 is 11.3 Å². The molecule has 0 spiro atoms. The number of esters is 1. The average Bonchev–Trinajstić information content (AvgIpc) is 3.38. The summed E-state index contributed by atoms with van der Waals surface area (Å²) in [4.78, 5) is 33.1. The van der Waals surface area contributed by atoms with Crippen LogP contribution in [0.3, 0.4) is 0 Å². The third kappa shape index (κ3) is 7.23. The van der Waals surface area contributed by atoms with Crippen LogP contribution in [0.25, 0.3) is 6.08 Å². The van der Waals surface area contributed by atoms with E-state index in [-0.39, 0.29) is 18.8 Å². The van der Waals surface area contributed by atoms with E-state index < -0.39 is 12.0 Å². The average molecular weight is 650 g/mol. The van der Waals surface area contributed by atoms with Gasteiger partial charge in [0.15, 0.2) is 16.3 Å². The lowest BCUT2D eigenvalue weighted by Gasteiger charge is -2.26. The Kier molecular flexibility index (Phi) is 10.7. The third-order valence-corrected chi connectivity index (χ3v) is 8.88. The predicted molar refractivity (Wildman–Crippen MR) is 183 cm³/mol. The molecule has 2 heterocycles. The lowest BCUT2D eigenvalue weighted by molar-refractivity contribution is -0.139. The molecule has 4 aromatic rings. The molecule has 0 bridgehead atoms. The van der Waals surface area contributed by atoms with Crippen molar-refractivity contribution in [1.82, 2.24) is 4.57 Å². The molecular formula is C38H39N3O5S. The Morgan fingerprint density at radius 2 is 1.79 bits per heavy atom. The van der Waals surface area contributed by atoms with Gasteiger partial charge >= 0.3 is 5.97 Å². The molecule has 47 heavy (non-hydrogen) atoms. The number of fused-ring (bicyclic) bond motifs is 1. The van der Waals surface area contributed by atoms with Crippen LogP contribution in [-0.2, 0) is 16.1 Å². The number of allylic oxidation sites excluding steroid dienone is 1. The normalized spacial score (nSPS) is 14.4. The molecule has 0 saturated carbocycles. The molecule has 0 unspecified atom stereocenters. The van der Waals surface area contributed by atoms with Gasteiger partial charge in [-0.2, -0.15) is 5.26 Å². The van der Waals surface area contributed by atoms with E-state index in [1.807, 2.05) is 62.4 Å². The molecule has 242 valence electrons. The van der Waals surface area contributed by atoms with Gasteiger partial charge in [-0.25, -0.2) is 9.79 Å². The molecule has 3 aromatic carbocycles. The highest BCUT2D eigenvalue weighted by Crippen LogP contribution is 2.34. The Bertz CT molecular complexity index is 2020. The number of carbonyl (C=O) groups is 1. The molecular weight excluding hydrogens is 611 g/mol. The Morgan fingerprint density at radius 1 is 1.02 bits per heavy atom. The fourth-order valence-electron chi connectivity index (χ4n) is 5.56. The predicted octanol–water partition coefficient (Wildman–Crippen LogP) is 6.55. The fourth-order valence-corrected chi connectivity index (χ4v) is 6.58. The van der Waals surface area contributed by atoms with Crippen LogP contribution in [0.15, 0.2) is 87.8 Å². The van der Waals surface area contributed by atoms with E-state index in [1.54, 1.807) is 23.6 Å². The van der Waals surface area contributed by atoms with Crippen molar-refractivity contribution in [3.8, 4) is 17.6 Å². The number of hydrogen-bond acceptors (Lipinski definition) is 8. The molecule has 0 amide bonds. The van der Waals surface area contributed by atoms with E-state index in [1.165, 1.54) is 16.9 Å². The number of nitriles is 1. The van der Waals surface area contributed by atoms with E-state index >= 15 is 0 Å². The van der Waals surface area contributed by atoms with Crippen LogP contribution in [0.1, 0.15) is 87.2 Å². The van der Waals surface area contributed by atoms with Crippen LogP contribution in [0.4, 0.5) is 0 Å². The fraction of sp³-hybridized carbons (Fsp3) is 0.316. The zero-order valence-electron chi connectivity index (χ0n) is 27.4. The first-order chi connectivity index (χ1) is 22.8. The van der Waals surface area contributed by atoms with Crippen molar-refractivity contribution in [3.63, 3.8) is 0 Å². The van der Waals surface area contributed by atoms with Crippen LogP contribution in [0.2, 0.25) is 0 Å². The summed E-state index contributed by atoms with van der Waals surface area (Å²) >= 11 is 1.29. The largest absolute Gasteiger partial charge is 0.490 e. The minimum absolute atomic E-state index is 0.211. The van der Waals surface area contributed by atoms with Gasteiger partial charge in [0.05, 0.1) is 46.7 Å². The first kappa shape index (κ1) is 33.4. The molecule has 1 aliphatic rings. The molecule has 8 nitrogen and oxygen atoms in total. The number of hydrogen-bond donors (Lipinski definition) is 0. The summed E-state index contributed by atoms with van der Waals surface area (Å²) in [6, 6.07) is 22.4. The van der Waals surface area contributed by atoms with Crippen molar-refractivity contribution in [2.45, 2.75) is 66.0 Å². The molecule has 0 N–H and O–H groups in total. The molecule has 9 heteroatoms. The SMILES string of the molecule is CCCC1=C(C(=O)OCC)[C@H](c2ccc(C(C)C)cc2)n2c(s/c(=C/c3ccc(OCc4ccccc4C#N)c(OCC)c3)c2=O)=N1. The molecule has 0 radical (unpaired) electrons. The lowest BCUT2D eigenvalue weighted by Crippen LogP contribution is -2.40. The summed E-state index contributed by atoms with van der Waals surface area (Å²) in [5, 5.41) is 9.44. The van der Waals surface area contributed by atoms with Gasteiger partial charge < -0.3 is 14.2 Å². The van der Waals surface area contributed by atoms with Gasteiger partial charge in [0.1, 0.15) is 6.61 Å². The van der Waals surface area contributed by atoms with E-state index in [0.29, 0.717) is 56.6 Å². The van der Waals surface area contributed by atoms with E-state index in [4.69, 9.17) is 19.2 Å².